The summed E-state index contributed by atoms with van der Waals surface area (Å²) in [5, 5.41) is 12.7. The molecule has 0 aliphatic heterocycles. The maximum absolute atomic E-state index is 13.0. The third-order valence-corrected chi connectivity index (χ3v) is 6.13. The van der Waals surface area contributed by atoms with E-state index < -0.39 is 10.0 Å². The van der Waals surface area contributed by atoms with Gasteiger partial charge in [0.1, 0.15) is 0 Å². The molecule has 0 spiro atoms. The number of rotatable bonds is 5. The lowest BCUT2D eigenvalue weighted by Crippen LogP contribution is -2.28. The van der Waals surface area contributed by atoms with E-state index in [9.17, 15) is 13.2 Å². The molecule has 1 atom stereocenters. The summed E-state index contributed by atoms with van der Waals surface area (Å²) in [4.78, 5) is 13.0. The van der Waals surface area contributed by atoms with E-state index in [4.69, 9.17) is 5.14 Å². The van der Waals surface area contributed by atoms with E-state index in [0.717, 1.165) is 41.8 Å². The molecule has 1 aromatic heterocycles. The van der Waals surface area contributed by atoms with Crippen LogP contribution in [0.3, 0.4) is 0 Å². The van der Waals surface area contributed by atoms with Gasteiger partial charge in [-0.2, -0.15) is 5.10 Å². The highest BCUT2D eigenvalue weighted by molar-refractivity contribution is 7.89. The summed E-state index contributed by atoms with van der Waals surface area (Å²) in [6.07, 6.45) is 2.74. The molecule has 1 heterocycles. The summed E-state index contributed by atoms with van der Waals surface area (Å²) in [5.74, 6) is -0.235. The Balaban J connectivity index is 1.58. The number of hydrogen-bond acceptors (Lipinski definition) is 4. The quantitative estimate of drug-likeness (QED) is 0.674. The molecule has 1 amide bonds. The second-order valence-corrected chi connectivity index (χ2v) is 8.75. The van der Waals surface area contributed by atoms with Crippen molar-refractivity contribution in [2.45, 2.75) is 37.1 Å². The van der Waals surface area contributed by atoms with Crippen LogP contribution in [-0.4, -0.2) is 24.1 Å². The van der Waals surface area contributed by atoms with Crippen LogP contribution >= 0.6 is 0 Å². The second-order valence-electron chi connectivity index (χ2n) is 7.18. The molecule has 0 radical (unpaired) electrons. The fourth-order valence-corrected chi connectivity index (χ4v) is 4.21. The molecule has 4 rings (SSSR count). The van der Waals surface area contributed by atoms with Gasteiger partial charge in [0.25, 0.3) is 5.91 Å². The molecule has 29 heavy (non-hydrogen) atoms. The van der Waals surface area contributed by atoms with Gasteiger partial charge in [-0.25, -0.2) is 18.2 Å². The summed E-state index contributed by atoms with van der Waals surface area (Å²) >= 11 is 0. The van der Waals surface area contributed by atoms with Gasteiger partial charge in [-0.15, -0.1) is 0 Å². The highest BCUT2D eigenvalue weighted by Gasteiger charge is 2.27. The zero-order valence-corrected chi connectivity index (χ0v) is 16.8. The SMILES string of the molecule is C[C@H](NC(=O)c1nn(-c2ccccc2)c2c1CCC2)c1ccc(S(N)(=O)=O)cc1. The monoisotopic (exact) mass is 410 g/mol. The lowest BCUT2D eigenvalue weighted by Gasteiger charge is -2.14. The minimum atomic E-state index is -3.74. The molecule has 0 saturated heterocycles. The van der Waals surface area contributed by atoms with Crippen molar-refractivity contribution in [3.8, 4) is 5.69 Å². The molecule has 0 bridgehead atoms. The number of hydrogen-bond donors (Lipinski definition) is 2. The van der Waals surface area contributed by atoms with Crippen LogP contribution in [0.5, 0.6) is 0 Å². The number of primary sulfonamides is 1. The topological polar surface area (TPSA) is 107 Å². The number of nitrogens with zero attached hydrogens (tertiary/aromatic N) is 2. The molecular formula is C21H22N4O3S. The number of nitrogens with two attached hydrogens (primary N) is 1. The summed E-state index contributed by atoms with van der Waals surface area (Å²) in [6.45, 7) is 1.85. The first-order valence-electron chi connectivity index (χ1n) is 9.44. The molecule has 0 saturated carbocycles. The minimum absolute atomic E-state index is 0.0409. The second kappa shape index (κ2) is 7.46. The first-order chi connectivity index (χ1) is 13.8. The van der Waals surface area contributed by atoms with Crippen LogP contribution in [0.15, 0.2) is 59.5 Å². The van der Waals surface area contributed by atoms with Gasteiger partial charge in [0.15, 0.2) is 5.69 Å². The van der Waals surface area contributed by atoms with E-state index in [1.807, 2.05) is 41.9 Å². The molecule has 3 N–H and O–H groups in total. The fraction of sp³-hybridized carbons (Fsp3) is 0.238. The Morgan fingerprint density at radius 2 is 1.79 bits per heavy atom. The van der Waals surface area contributed by atoms with Gasteiger partial charge < -0.3 is 5.32 Å². The van der Waals surface area contributed by atoms with Crippen molar-refractivity contribution in [1.82, 2.24) is 15.1 Å². The van der Waals surface area contributed by atoms with Crippen LogP contribution in [0, 0.1) is 0 Å². The van der Waals surface area contributed by atoms with Gasteiger partial charge in [0.2, 0.25) is 10.0 Å². The van der Waals surface area contributed by atoms with E-state index in [1.54, 1.807) is 12.1 Å². The van der Waals surface area contributed by atoms with Crippen LogP contribution in [0.4, 0.5) is 0 Å². The zero-order chi connectivity index (χ0) is 20.6. The van der Waals surface area contributed by atoms with Gasteiger partial charge in [0, 0.05) is 11.3 Å². The average Bonchev–Trinajstić information content (AvgIpc) is 3.30. The molecule has 7 nitrogen and oxygen atoms in total. The van der Waals surface area contributed by atoms with E-state index >= 15 is 0 Å². The first-order valence-corrected chi connectivity index (χ1v) is 11.0. The van der Waals surface area contributed by atoms with Gasteiger partial charge in [-0.05, 0) is 56.0 Å². The molecule has 1 aliphatic carbocycles. The number of carbonyl (C=O) groups is 1. The number of aromatic nitrogens is 2. The Hall–Kier alpha value is -2.97. The smallest absolute Gasteiger partial charge is 0.272 e. The summed E-state index contributed by atoms with van der Waals surface area (Å²) in [5.41, 5.74) is 4.27. The van der Waals surface area contributed by atoms with Crippen molar-refractivity contribution < 1.29 is 13.2 Å². The Labute approximate surface area is 169 Å². The largest absolute Gasteiger partial charge is 0.344 e. The standard InChI is InChI=1S/C21H22N4O3S/c1-14(15-10-12-17(13-11-15)29(22,27)28)23-21(26)20-18-8-5-9-19(18)25(24-20)16-6-3-2-4-7-16/h2-4,6-7,10-14H,5,8-9H2,1H3,(H,23,26)(H2,22,27,28)/t14-/m0/s1. The molecule has 2 aromatic carbocycles. The van der Waals surface area contributed by atoms with Crippen LogP contribution in [-0.2, 0) is 22.9 Å². The molecule has 8 heteroatoms. The number of benzene rings is 2. The molecule has 0 fully saturated rings. The van der Waals surface area contributed by atoms with Crippen molar-refractivity contribution in [1.29, 1.82) is 0 Å². The minimum Gasteiger partial charge on any atom is -0.344 e. The van der Waals surface area contributed by atoms with Crippen molar-refractivity contribution in [3.63, 3.8) is 0 Å². The van der Waals surface area contributed by atoms with E-state index in [1.165, 1.54) is 12.1 Å². The maximum Gasteiger partial charge on any atom is 0.272 e. The number of para-hydroxylation sites is 1. The van der Waals surface area contributed by atoms with Gasteiger partial charge in [-0.3, -0.25) is 4.79 Å². The van der Waals surface area contributed by atoms with E-state index in [2.05, 4.69) is 10.4 Å². The van der Waals surface area contributed by atoms with Crippen molar-refractivity contribution in [3.05, 3.63) is 77.1 Å². The van der Waals surface area contributed by atoms with Crippen LogP contribution < -0.4 is 10.5 Å². The fourth-order valence-electron chi connectivity index (χ4n) is 3.70. The number of amides is 1. The Morgan fingerprint density at radius 3 is 2.45 bits per heavy atom. The average molecular weight is 410 g/mol. The highest BCUT2D eigenvalue weighted by atomic mass is 32.2. The number of carbonyl (C=O) groups excluding carboxylic acids is 1. The van der Waals surface area contributed by atoms with Crippen molar-refractivity contribution >= 4 is 15.9 Å². The number of sulfonamides is 1. The van der Waals surface area contributed by atoms with E-state index in [-0.39, 0.29) is 16.8 Å². The summed E-state index contributed by atoms with van der Waals surface area (Å²) < 4.78 is 24.7. The zero-order valence-electron chi connectivity index (χ0n) is 16.0. The maximum atomic E-state index is 13.0. The van der Waals surface area contributed by atoms with Crippen molar-refractivity contribution in [2.75, 3.05) is 0 Å². The first kappa shape index (κ1) is 19.4. The molecule has 0 unspecified atom stereocenters. The Kier molecular flexibility index (Phi) is 4.97. The summed E-state index contributed by atoms with van der Waals surface area (Å²) in [7, 11) is -3.74. The predicted molar refractivity (Wildman–Crippen MR) is 109 cm³/mol. The molecule has 150 valence electrons. The van der Waals surface area contributed by atoms with Crippen molar-refractivity contribution in [2.24, 2.45) is 5.14 Å². The number of nitrogens with one attached hydrogen (secondary N) is 1. The lowest BCUT2D eigenvalue weighted by molar-refractivity contribution is 0.0933. The molecule has 3 aromatic rings. The van der Waals surface area contributed by atoms with Gasteiger partial charge >= 0.3 is 0 Å². The van der Waals surface area contributed by atoms with Gasteiger partial charge in [-0.1, -0.05) is 30.3 Å². The third-order valence-electron chi connectivity index (χ3n) is 5.20. The van der Waals surface area contributed by atoms with E-state index in [0.29, 0.717) is 5.69 Å². The normalized spacial score (nSPS) is 14.4. The highest BCUT2D eigenvalue weighted by Crippen LogP contribution is 2.28. The number of fused-ring (bicyclic) bond motifs is 1. The lowest BCUT2D eigenvalue weighted by atomic mass is 10.1. The summed E-state index contributed by atoms with van der Waals surface area (Å²) in [6, 6.07) is 15.7. The van der Waals surface area contributed by atoms with Gasteiger partial charge in [0.05, 0.1) is 16.6 Å². The van der Waals surface area contributed by atoms with Crippen LogP contribution in [0.1, 0.15) is 46.7 Å². The predicted octanol–water partition coefficient (Wildman–Crippen LogP) is 2.50. The molecular weight excluding hydrogens is 388 g/mol. The Morgan fingerprint density at radius 1 is 1.10 bits per heavy atom. The Bertz CT molecular complexity index is 1150. The van der Waals surface area contributed by atoms with Crippen LogP contribution in [0.25, 0.3) is 5.69 Å². The van der Waals surface area contributed by atoms with Crippen LogP contribution in [0.2, 0.25) is 0 Å². The third kappa shape index (κ3) is 3.81. The molecule has 1 aliphatic rings.